The van der Waals surface area contributed by atoms with Gasteiger partial charge < -0.3 is 0 Å². The third kappa shape index (κ3) is 3.46. The Bertz CT molecular complexity index is 755. The minimum atomic E-state index is 0.728. The molecule has 0 aliphatic carbocycles. The number of halogens is 1. The van der Waals surface area contributed by atoms with E-state index in [2.05, 4.69) is 34.2 Å². The number of H-pyrrole nitrogens is 1. The van der Waals surface area contributed by atoms with Crippen molar-refractivity contribution in [3.8, 4) is 11.4 Å². The summed E-state index contributed by atoms with van der Waals surface area (Å²) in [6.07, 6.45) is 0. The molecule has 1 heterocycles. The second-order valence-corrected chi connectivity index (χ2v) is 6.07. The third-order valence-corrected chi connectivity index (χ3v) is 4.34. The molecule has 3 rings (SSSR count). The van der Waals surface area contributed by atoms with Crippen molar-refractivity contribution in [2.24, 2.45) is 0 Å². The number of aromatic amines is 1. The Labute approximate surface area is 132 Å². The van der Waals surface area contributed by atoms with Gasteiger partial charge in [-0.1, -0.05) is 65.3 Å². The van der Waals surface area contributed by atoms with Crippen LogP contribution in [0.3, 0.4) is 0 Å². The number of aryl methyl sites for hydroxylation is 1. The zero-order chi connectivity index (χ0) is 14.7. The number of nitrogens with one attached hydrogen (secondary N) is 1. The van der Waals surface area contributed by atoms with Gasteiger partial charge in [0, 0.05) is 16.3 Å². The van der Waals surface area contributed by atoms with Crippen molar-refractivity contribution in [2.75, 3.05) is 0 Å². The normalized spacial score (nSPS) is 10.8. The molecule has 3 nitrogen and oxygen atoms in total. The van der Waals surface area contributed by atoms with E-state index in [-0.39, 0.29) is 0 Å². The van der Waals surface area contributed by atoms with Crippen molar-refractivity contribution in [1.82, 2.24) is 15.2 Å². The number of hydrogen-bond donors (Lipinski definition) is 1. The molecule has 0 amide bonds. The second-order valence-electron chi connectivity index (χ2n) is 4.72. The topological polar surface area (TPSA) is 41.6 Å². The van der Waals surface area contributed by atoms with Crippen molar-refractivity contribution in [3.05, 3.63) is 64.7 Å². The Morgan fingerprint density at radius 2 is 2.00 bits per heavy atom. The number of thioether (sulfide) groups is 1. The maximum atomic E-state index is 6.15. The molecule has 0 radical (unpaired) electrons. The highest BCUT2D eigenvalue weighted by Crippen LogP contribution is 2.25. The Morgan fingerprint density at radius 3 is 2.81 bits per heavy atom. The average Bonchev–Trinajstić information content (AvgIpc) is 2.95. The fraction of sp³-hybridized carbons (Fsp3) is 0.125. The minimum absolute atomic E-state index is 0.728. The van der Waals surface area contributed by atoms with Crippen molar-refractivity contribution < 1.29 is 0 Å². The maximum absolute atomic E-state index is 6.15. The molecule has 2 aromatic carbocycles. The number of benzene rings is 2. The first kappa shape index (κ1) is 14.2. The molecular formula is C16H14ClN3S. The van der Waals surface area contributed by atoms with Gasteiger partial charge in [0.2, 0.25) is 5.16 Å². The molecule has 0 bridgehead atoms. The van der Waals surface area contributed by atoms with Gasteiger partial charge in [0.25, 0.3) is 0 Å². The average molecular weight is 316 g/mol. The summed E-state index contributed by atoms with van der Waals surface area (Å²) < 4.78 is 0. The van der Waals surface area contributed by atoms with Crippen LogP contribution in [-0.4, -0.2) is 15.2 Å². The quantitative estimate of drug-likeness (QED) is 0.708. The van der Waals surface area contributed by atoms with Gasteiger partial charge in [0.05, 0.1) is 0 Å². The zero-order valence-electron chi connectivity index (χ0n) is 11.5. The fourth-order valence-corrected chi connectivity index (χ4v) is 3.07. The van der Waals surface area contributed by atoms with Crippen molar-refractivity contribution in [2.45, 2.75) is 17.8 Å². The molecule has 0 fully saturated rings. The first-order chi connectivity index (χ1) is 10.2. The minimum Gasteiger partial charge on any atom is -0.258 e. The third-order valence-electron chi connectivity index (χ3n) is 3.07. The van der Waals surface area contributed by atoms with Crippen LogP contribution in [0.1, 0.15) is 11.1 Å². The lowest BCUT2D eigenvalue weighted by Crippen LogP contribution is -1.83. The maximum Gasteiger partial charge on any atom is 0.209 e. The van der Waals surface area contributed by atoms with Crippen LogP contribution in [0.4, 0.5) is 0 Å². The summed E-state index contributed by atoms with van der Waals surface area (Å²) in [6.45, 7) is 2.06. The van der Waals surface area contributed by atoms with Crippen LogP contribution in [0.5, 0.6) is 0 Å². The van der Waals surface area contributed by atoms with E-state index in [1.54, 1.807) is 11.8 Å². The van der Waals surface area contributed by atoms with Crippen LogP contribution in [0.15, 0.2) is 53.7 Å². The van der Waals surface area contributed by atoms with E-state index < -0.39 is 0 Å². The van der Waals surface area contributed by atoms with Gasteiger partial charge in [-0.15, -0.1) is 5.10 Å². The predicted octanol–water partition coefficient (Wildman–Crippen LogP) is 4.73. The van der Waals surface area contributed by atoms with Gasteiger partial charge in [-0.25, -0.2) is 4.98 Å². The lowest BCUT2D eigenvalue weighted by molar-refractivity contribution is 0.973. The van der Waals surface area contributed by atoms with E-state index in [1.165, 1.54) is 5.56 Å². The molecule has 0 aliphatic rings. The molecule has 0 spiro atoms. The summed E-state index contributed by atoms with van der Waals surface area (Å²) in [5.41, 5.74) is 3.34. The fourth-order valence-electron chi connectivity index (χ4n) is 1.99. The molecule has 21 heavy (non-hydrogen) atoms. The van der Waals surface area contributed by atoms with E-state index in [0.717, 1.165) is 32.9 Å². The van der Waals surface area contributed by atoms with E-state index in [1.807, 2.05) is 36.4 Å². The molecule has 0 saturated carbocycles. The van der Waals surface area contributed by atoms with Crippen molar-refractivity contribution in [1.29, 1.82) is 0 Å². The molecule has 1 aromatic heterocycles. The van der Waals surface area contributed by atoms with Crippen LogP contribution in [0, 0.1) is 6.92 Å². The lowest BCUT2D eigenvalue weighted by atomic mass is 10.1. The summed E-state index contributed by atoms with van der Waals surface area (Å²) in [6, 6.07) is 16.0. The molecule has 5 heteroatoms. The Hall–Kier alpha value is -1.78. The van der Waals surface area contributed by atoms with Gasteiger partial charge in [-0.05, 0) is 24.6 Å². The summed E-state index contributed by atoms with van der Waals surface area (Å²) in [7, 11) is 0. The predicted molar refractivity (Wildman–Crippen MR) is 87.6 cm³/mol. The number of hydrogen-bond acceptors (Lipinski definition) is 3. The molecule has 3 aromatic rings. The largest absolute Gasteiger partial charge is 0.258 e. The van der Waals surface area contributed by atoms with E-state index in [9.17, 15) is 0 Å². The zero-order valence-corrected chi connectivity index (χ0v) is 13.1. The highest BCUT2D eigenvalue weighted by atomic mass is 35.5. The summed E-state index contributed by atoms with van der Waals surface area (Å²) >= 11 is 7.72. The van der Waals surface area contributed by atoms with Crippen molar-refractivity contribution >= 4 is 23.4 Å². The highest BCUT2D eigenvalue weighted by molar-refractivity contribution is 7.98. The lowest BCUT2D eigenvalue weighted by Gasteiger charge is -2.00. The van der Waals surface area contributed by atoms with E-state index >= 15 is 0 Å². The molecule has 1 N–H and O–H groups in total. The number of nitrogens with zero attached hydrogens (tertiary/aromatic N) is 2. The number of aromatic nitrogens is 3. The smallest absolute Gasteiger partial charge is 0.209 e. The Kier molecular flexibility index (Phi) is 4.27. The second kappa shape index (κ2) is 6.33. The first-order valence-corrected chi connectivity index (χ1v) is 7.94. The van der Waals surface area contributed by atoms with Crippen LogP contribution < -0.4 is 0 Å². The van der Waals surface area contributed by atoms with E-state index in [0.29, 0.717) is 0 Å². The Balaban J connectivity index is 1.72. The van der Waals surface area contributed by atoms with Gasteiger partial charge in [0.1, 0.15) is 0 Å². The summed E-state index contributed by atoms with van der Waals surface area (Å²) in [5.74, 6) is 1.55. The van der Waals surface area contributed by atoms with Gasteiger partial charge in [0.15, 0.2) is 5.82 Å². The summed E-state index contributed by atoms with van der Waals surface area (Å²) in [4.78, 5) is 4.52. The van der Waals surface area contributed by atoms with Gasteiger partial charge in [-0.3, -0.25) is 5.10 Å². The molecule has 0 unspecified atom stereocenters. The summed E-state index contributed by atoms with van der Waals surface area (Å²) in [5, 5.41) is 8.74. The van der Waals surface area contributed by atoms with Crippen molar-refractivity contribution in [3.63, 3.8) is 0 Å². The monoisotopic (exact) mass is 315 g/mol. The molecule has 0 saturated heterocycles. The number of rotatable bonds is 4. The molecular weight excluding hydrogens is 302 g/mol. The first-order valence-electron chi connectivity index (χ1n) is 6.58. The van der Waals surface area contributed by atoms with Gasteiger partial charge >= 0.3 is 0 Å². The van der Waals surface area contributed by atoms with E-state index in [4.69, 9.17) is 11.6 Å². The van der Waals surface area contributed by atoms with Gasteiger partial charge in [-0.2, -0.15) is 0 Å². The molecule has 0 aliphatic heterocycles. The SMILES string of the molecule is Cc1cccc(-c2nc(SCc3ccccc3Cl)n[nH]2)c1. The molecule has 106 valence electrons. The van der Waals surface area contributed by atoms with Crippen LogP contribution >= 0.6 is 23.4 Å². The van der Waals surface area contributed by atoms with Crippen LogP contribution in [-0.2, 0) is 5.75 Å². The molecule has 0 atom stereocenters. The van der Waals surface area contributed by atoms with Crippen LogP contribution in [0.2, 0.25) is 5.02 Å². The van der Waals surface area contributed by atoms with Crippen LogP contribution in [0.25, 0.3) is 11.4 Å². The Morgan fingerprint density at radius 1 is 1.14 bits per heavy atom. The standard InChI is InChI=1S/C16H14ClN3S/c1-11-5-4-7-12(9-11)15-18-16(20-19-15)21-10-13-6-2-3-8-14(13)17/h2-9H,10H2,1H3,(H,18,19,20). The highest BCUT2D eigenvalue weighted by Gasteiger charge is 2.07.